The standard InChI is InChI=1S/C21H24N2O3/c1-25-18-11-16(12-19(13-18)26-2)21(24)23-14-17-9-6-10-22(17)20(23)15-7-4-3-5-8-15/h3-5,7-8,11-13,17,20H,6,9-10,14H2,1-2H3. The summed E-state index contributed by atoms with van der Waals surface area (Å²) in [5, 5.41) is 0. The molecule has 2 atom stereocenters. The largest absolute Gasteiger partial charge is 0.497 e. The molecule has 2 aromatic carbocycles. The lowest BCUT2D eigenvalue weighted by Crippen LogP contribution is -2.35. The Morgan fingerprint density at radius 1 is 1.04 bits per heavy atom. The van der Waals surface area contributed by atoms with Crippen molar-refractivity contribution in [1.82, 2.24) is 9.80 Å². The summed E-state index contributed by atoms with van der Waals surface area (Å²) < 4.78 is 10.7. The summed E-state index contributed by atoms with van der Waals surface area (Å²) in [5.41, 5.74) is 1.77. The summed E-state index contributed by atoms with van der Waals surface area (Å²) in [4.78, 5) is 17.8. The lowest BCUT2D eigenvalue weighted by atomic mass is 10.1. The number of methoxy groups -OCH3 is 2. The molecule has 0 saturated carbocycles. The van der Waals surface area contributed by atoms with Crippen LogP contribution in [0.15, 0.2) is 48.5 Å². The van der Waals surface area contributed by atoms with Gasteiger partial charge in [0.1, 0.15) is 17.7 Å². The maximum Gasteiger partial charge on any atom is 0.255 e. The molecule has 0 aliphatic carbocycles. The first kappa shape index (κ1) is 16.9. The Kier molecular flexibility index (Phi) is 4.55. The highest BCUT2D eigenvalue weighted by molar-refractivity contribution is 5.95. The molecule has 5 heteroatoms. The Hall–Kier alpha value is -2.53. The number of nitrogens with zero attached hydrogens (tertiary/aromatic N) is 2. The Labute approximate surface area is 154 Å². The van der Waals surface area contributed by atoms with Gasteiger partial charge in [0.25, 0.3) is 5.91 Å². The van der Waals surface area contributed by atoms with E-state index in [2.05, 4.69) is 17.0 Å². The van der Waals surface area contributed by atoms with Crippen molar-refractivity contribution in [3.63, 3.8) is 0 Å². The number of hydrogen-bond donors (Lipinski definition) is 0. The average molecular weight is 352 g/mol. The molecule has 2 aliphatic heterocycles. The van der Waals surface area contributed by atoms with Crippen LogP contribution in [0.2, 0.25) is 0 Å². The monoisotopic (exact) mass is 352 g/mol. The number of hydrogen-bond acceptors (Lipinski definition) is 4. The fourth-order valence-electron chi connectivity index (χ4n) is 4.17. The van der Waals surface area contributed by atoms with E-state index in [1.807, 2.05) is 23.1 Å². The minimum Gasteiger partial charge on any atom is -0.497 e. The zero-order valence-corrected chi connectivity index (χ0v) is 15.2. The van der Waals surface area contributed by atoms with Crippen LogP contribution >= 0.6 is 0 Å². The normalized spacial score (nSPS) is 22.3. The second-order valence-electron chi connectivity index (χ2n) is 6.88. The van der Waals surface area contributed by atoms with Gasteiger partial charge in [-0.25, -0.2) is 0 Å². The van der Waals surface area contributed by atoms with E-state index in [9.17, 15) is 4.79 Å². The fourth-order valence-corrected chi connectivity index (χ4v) is 4.17. The lowest BCUT2D eigenvalue weighted by molar-refractivity contribution is 0.0638. The first-order chi connectivity index (χ1) is 12.7. The second kappa shape index (κ2) is 7.00. The van der Waals surface area contributed by atoms with Crippen molar-refractivity contribution < 1.29 is 14.3 Å². The molecule has 26 heavy (non-hydrogen) atoms. The first-order valence-electron chi connectivity index (χ1n) is 9.06. The van der Waals surface area contributed by atoms with Gasteiger partial charge >= 0.3 is 0 Å². The molecular weight excluding hydrogens is 328 g/mol. The maximum atomic E-state index is 13.4. The van der Waals surface area contributed by atoms with Gasteiger partial charge in [0.2, 0.25) is 0 Å². The summed E-state index contributed by atoms with van der Waals surface area (Å²) in [6.45, 7) is 1.80. The van der Waals surface area contributed by atoms with E-state index < -0.39 is 0 Å². The SMILES string of the molecule is COc1cc(OC)cc(C(=O)N2CC3CCCN3C2c2ccccc2)c1. The van der Waals surface area contributed by atoms with Gasteiger partial charge < -0.3 is 14.4 Å². The number of rotatable bonds is 4. The van der Waals surface area contributed by atoms with Crippen LogP contribution < -0.4 is 9.47 Å². The average Bonchev–Trinajstić information content (AvgIpc) is 3.28. The van der Waals surface area contributed by atoms with E-state index in [1.54, 1.807) is 32.4 Å². The van der Waals surface area contributed by atoms with Crippen LogP contribution in [-0.4, -0.2) is 49.1 Å². The summed E-state index contributed by atoms with van der Waals surface area (Å²) in [5.74, 6) is 1.28. The van der Waals surface area contributed by atoms with E-state index in [1.165, 1.54) is 12.0 Å². The molecule has 4 rings (SSSR count). The Balaban J connectivity index is 1.70. The third-order valence-electron chi connectivity index (χ3n) is 5.40. The molecule has 0 bridgehead atoms. The number of amides is 1. The minimum absolute atomic E-state index is 0.00611. The third-order valence-corrected chi connectivity index (χ3v) is 5.40. The van der Waals surface area contributed by atoms with E-state index in [4.69, 9.17) is 9.47 Å². The second-order valence-corrected chi connectivity index (χ2v) is 6.88. The van der Waals surface area contributed by atoms with Gasteiger partial charge in [0, 0.05) is 30.8 Å². The number of carbonyl (C=O) groups is 1. The number of fused-ring (bicyclic) bond motifs is 1. The van der Waals surface area contributed by atoms with Crippen LogP contribution in [0, 0.1) is 0 Å². The molecule has 2 fully saturated rings. The molecule has 0 radical (unpaired) electrons. The molecule has 2 heterocycles. The third kappa shape index (κ3) is 2.92. The van der Waals surface area contributed by atoms with Crippen LogP contribution in [0.25, 0.3) is 0 Å². The van der Waals surface area contributed by atoms with Crippen molar-refractivity contribution in [2.24, 2.45) is 0 Å². The lowest BCUT2D eigenvalue weighted by Gasteiger charge is -2.30. The van der Waals surface area contributed by atoms with Crippen molar-refractivity contribution >= 4 is 5.91 Å². The predicted molar refractivity (Wildman–Crippen MR) is 99.5 cm³/mol. The van der Waals surface area contributed by atoms with Gasteiger partial charge in [-0.2, -0.15) is 0 Å². The first-order valence-corrected chi connectivity index (χ1v) is 9.06. The number of ether oxygens (including phenoxy) is 2. The number of carbonyl (C=O) groups excluding carboxylic acids is 1. The van der Waals surface area contributed by atoms with Crippen molar-refractivity contribution in [2.45, 2.75) is 25.0 Å². The molecule has 0 spiro atoms. The molecule has 2 aromatic rings. The highest BCUT2D eigenvalue weighted by Crippen LogP contribution is 2.40. The molecule has 136 valence electrons. The van der Waals surface area contributed by atoms with Crippen molar-refractivity contribution in [2.75, 3.05) is 27.3 Å². The van der Waals surface area contributed by atoms with Crippen LogP contribution in [-0.2, 0) is 0 Å². The van der Waals surface area contributed by atoms with Crippen molar-refractivity contribution in [1.29, 1.82) is 0 Å². The highest BCUT2D eigenvalue weighted by atomic mass is 16.5. The quantitative estimate of drug-likeness (QED) is 0.846. The smallest absolute Gasteiger partial charge is 0.255 e. The van der Waals surface area contributed by atoms with Crippen molar-refractivity contribution in [3.8, 4) is 11.5 Å². The van der Waals surface area contributed by atoms with Gasteiger partial charge in [-0.15, -0.1) is 0 Å². The molecule has 2 saturated heterocycles. The molecule has 1 amide bonds. The van der Waals surface area contributed by atoms with Gasteiger partial charge in [0.05, 0.1) is 14.2 Å². The van der Waals surface area contributed by atoms with E-state index >= 15 is 0 Å². The fraction of sp³-hybridized carbons (Fsp3) is 0.381. The molecular formula is C21H24N2O3. The van der Waals surface area contributed by atoms with E-state index in [-0.39, 0.29) is 12.1 Å². The number of benzene rings is 2. The summed E-state index contributed by atoms with van der Waals surface area (Å²) in [7, 11) is 3.20. The van der Waals surface area contributed by atoms with Gasteiger partial charge in [0.15, 0.2) is 0 Å². The Morgan fingerprint density at radius 2 is 1.73 bits per heavy atom. The van der Waals surface area contributed by atoms with E-state index in [0.717, 1.165) is 19.5 Å². The van der Waals surface area contributed by atoms with Crippen LogP contribution in [0.3, 0.4) is 0 Å². The minimum atomic E-state index is -0.00611. The zero-order valence-electron chi connectivity index (χ0n) is 15.2. The van der Waals surface area contributed by atoms with Crippen LogP contribution in [0.4, 0.5) is 0 Å². The summed E-state index contributed by atoms with van der Waals surface area (Å²) >= 11 is 0. The maximum absolute atomic E-state index is 13.4. The van der Waals surface area contributed by atoms with E-state index in [0.29, 0.717) is 23.1 Å². The Morgan fingerprint density at radius 3 is 2.38 bits per heavy atom. The van der Waals surface area contributed by atoms with Crippen molar-refractivity contribution in [3.05, 3.63) is 59.7 Å². The van der Waals surface area contributed by atoms with Gasteiger partial charge in [-0.1, -0.05) is 30.3 Å². The topological polar surface area (TPSA) is 42.0 Å². The van der Waals surface area contributed by atoms with Crippen LogP contribution in [0.5, 0.6) is 11.5 Å². The zero-order chi connectivity index (χ0) is 18.1. The summed E-state index contributed by atoms with van der Waals surface area (Å²) in [6, 6.07) is 16.1. The molecule has 2 unspecified atom stereocenters. The van der Waals surface area contributed by atoms with Crippen LogP contribution in [0.1, 0.15) is 34.9 Å². The molecule has 5 nitrogen and oxygen atoms in total. The Bertz CT molecular complexity index is 771. The highest BCUT2D eigenvalue weighted by Gasteiger charge is 2.44. The summed E-state index contributed by atoms with van der Waals surface area (Å²) in [6.07, 6.45) is 2.34. The van der Waals surface area contributed by atoms with Gasteiger partial charge in [-0.3, -0.25) is 9.69 Å². The molecule has 0 N–H and O–H groups in total. The molecule has 2 aliphatic rings. The predicted octanol–water partition coefficient (Wildman–Crippen LogP) is 3.32. The molecule has 0 aromatic heterocycles. The van der Waals surface area contributed by atoms with Gasteiger partial charge in [-0.05, 0) is 30.5 Å².